The van der Waals surface area contributed by atoms with E-state index >= 15 is 0 Å². The summed E-state index contributed by atoms with van der Waals surface area (Å²) in [7, 11) is 0. The van der Waals surface area contributed by atoms with Crippen LogP contribution in [0.25, 0.3) is 0 Å². The Morgan fingerprint density at radius 2 is 1.85 bits per heavy atom. The molecule has 1 fully saturated rings. The summed E-state index contributed by atoms with van der Waals surface area (Å²) in [5.41, 5.74) is 1.57. The van der Waals surface area contributed by atoms with E-state index in [0.717, 1.165) is 31.5 Å². The van der Waals surface area contributed by atoms with Gasteiger partial charge in [0.15, 0.2) is 0 Å². The Balaban J connectivity index is 2.27. The number of hydrogen-bond acceptors (Lipinski definition) is 2. The number of nitrogens with zero attached hydrogens (tertiary/aromatic N) is 1. The minimum absolute atomic E-state index is 0.0658. The number of aryl methyl sites for hydroxylation is 1. The first-order chi connectivity index (χ1) is 9.28. The van der Waals surface area contributed by atoms with Crippen molar-refractivity contribution in [1.82, 2.24) is 4.90 Å². The minimum Gasteiger partial charge on any atom is -0.478 e. The number of benzene rings is 1. The molecular formula is C16H21NO3. The Morgan fingerprint density at radius 3 is 2.45 bits per heavy atom. The largest absolute Gasteiger partial charge is 0.478 e. The Kier molecular flexibility index (Phi) is 3.84. The second-order valence-electron chi connectivity index (χ2n) is 6.39. The van der Waals surface area contributed by atoms with Gasteiger partial charge in [-0.15, -0.1) is 0 Å². The van der Waals surface area contributed by atoms with Crippen molar-refractivity contribution in [3.05, 3.63) is 34.9 Å². The smallest absolute Gasteiger partial charge is 0.335 e. The first-order valence-corrected chi connectivity index (χ1v) is 6.93. The monoisotopic (exact) mass is 275 g/mol. The van der Waals surface area contributed by atoms with E-state index in [9.17, 15) is 9.59 Å². The summed E-state index contributed by atoms with van der Waals surface area (Å²) in [4.78, 5) is 25.5. The van der Waals surface area contributed by atoms with E-state index in [1.165, 1.54) is 6.07 Å². The van der Waals surface area contributed by atoms with Gasteiger partial charge in [0.25, 0.3) is 5.91 Å². The van der Waals surface area contributed by atoms with Crippen LogP contribution in [0.2, 0.25) is 0 Å². The number of piperidine rings is 1. The molecule has 0 aromatic heterocycles. The van der Waals surface area contributed by atoms with Gasteiger partial charge in [-0.25, -0.2) is 4.79 Å². The van der Waals surface area contributed by atoms with Crippen molar-refractivity contribution in [1.29, 1.82) is 0 Å². The molecule has 20 heavy (non-hydrogen) atoms. The van der Waals surface area contributed by atoms with E-state index in [1.54, 1.807) is 12.1 Å². The molecule has 1 aromatic carbocycles. The molecule has 1 amide bonds. The highest BCUT2D eigenvalue weighted by atomic mass is 16.4. The molecule has 0 saturated carbocycles. The summed E-state index contributed by atoms with van der Waals surface area (Å²) >= 11 is 0. The number of likely N-dealkylation sites (tertiary alicyclic amines) is 1. The van der Waals surface area contributed by atoms with Gasteiger partial charge in [-0.1, -0.05) is 13.8 Å². The van der Waals surface area contributed by atoms with E-state index in [1.807, 2.05) is 11.8 Å². The van der Waals surface area contributed by atoms with Crippen LogP contribution in [0.3, 0.4) is 0 Å². The summed E-state index contributed by atoms with van der Waals surface area (Å²) < 4.78 is 0. The molecule has 1 aromatic rings. The maximum Gasteiger partial charge on any atom is 0.335 e. The van der Waals surface area contributed by atoms with Gasteiger partial charge < -0.3 is 10.0 Å². The third-order valence-corrected chi connectivity index (χ3v) is 3.76. The normalized spacial score (nSPS) is 17.9. The highest BCUT2D eigenvalue weighted by molar-refractivity contribution is 5.97. The van der Waals surface area contributed by atoms with Gasteiger partial charge in [0, 0.05) is 18.7 Å². The summed E-state index contributed by atoms with van der Waals surface area (Å²) in [6.45, 7) is 7.60. The van der Waals surface area contributed by atoms with Gasteiger partial charge in [0.2, 0.25) is 0 Å². The van der Waals surface area contributed by atoms with Crippen LogP contribution in [0, 0.1) is 12.3 Å². The summed E-state index contributed by atoms with van der Waals surface area (Å²) in [6, 6.07) is 4.81. The van der Waals surface area contributed by atoms with Gasteiger partial charge in [-0.2, -0.15) is 0 Å². The Hall–Kier alpha value is -1.84. The molecular weight excluding hydrogens is 254 g/mol. The van der Waals surface area contributed by atoms with Crippen LogP contribution >= 0.6 is 0 Å². The van der Waals surface area contributed by atoms with Crippen LogP contribution in [0.5, 0.6) is 0 Å². The standard InChI is InChI=1S/C16H21NO3/c1-11-7-12(9-13(8-11)15(19)20)14(18)17-6-4-5-16(2,3)10-17/h7-9H,4-6,10H2,1-3H3,(H,19,20). The molecule has 1 N–H and O–H groups in total. The van der Waals surface area contributed by atoms with Crippen molar-refractivity contribution in [3.63, 3.8) is 0 Å². The third kappa shape index (κ3) is 3.18. The molecule has 1 aliphatic heterocycles. The number of aromatic carboxylic acids is 1. The van der Waals surface area contributed by atoms with E-state index in [2.05, 4.69) is 13.8 Å². The maximum absolute atomic E-state index is 12.5. The van der Waals surface area contributed by atoms with Gasteiger partial charge in [0.1, 0.15) is 0 Å². The molecule has 0 radical (unpaired) electrons. The number of carboxylic acids is 1. The van der Waals surface area contributed by atoms with Crippen LogP contribution in [0.15, 0.2) is 18.2 Å². The number of amides is 1. The average molecular weight is 275 g/mol. The van der Waals surface area contributed by atoms with E-state index in [0.29, 0.717) is 5.56 Å². The second kappa shape index (κ2) is 5.27. The van der Waals surface area contributed by atoms with Crippen LogP contribution < -0.4 is 0 Å². The zero-order valence-electron chi connectivity index (χ0n) is 12.3. The number of carbonyl (C=O) groups is 2. The van der Waals surface area contributed by atoms with Crippen molar-refractivity contribution >= 4 is 11.9 Å². The number of carboxylic acid groups (broad SMARTS) is 1. The number of hydrogen-bond donors (Lipinski definition) is 1. The lowest BCUT2D eigenvalue weighted by atomic mass is 9.84. The molecule has 1 heterocycles. The Bertz CT molecular complexity index is 549. The molecule has 0 spiro atoms. The fourth-order valence-electron chi connectivity index (χ4n) is 2.81. The molecule has 108 valence electrons. The highest BCUT2D eigenvalue weighted by Gasteiger charge is 2.29. The van der Waals surface area contributed by atoms with Gasteiger partial charge in [0.05, 0.1) is 5.56 Å². The average Bonchev–Trinajstić information content (AvgIpc) is 2.35. The van der Waals surface area contributed by atoms with Gasteiger partial charge in [-0.05, 0) is 48.9 Å². The molecule has 2 rings (SSSR count). The molecule has 1 saturated heterocycles. The lowest BCUT2D eigenvalue weighted by molar-refractivity contribution is 0.0583. The molecule has 0 aliphatic carbocycles. The van der Waals surface area contributed by atoms with Crippen LogP contribution in [0.1, 0.15) is 53.0 Å². The summed E-state index contributed by atoms with van der Waals surface area (Å²) in [6.07, 6.45) is 2.11. The molecule has 0 unspecified atom stereocenters. The van der Waals surface area contributed by atoms with Crippen LogP contribution in [-0.4, -0.2) is 35.0 Å². The van der Waals surface area contributed by atoms with Crippen molar-refractivity contribution in [2.75, 3.05) is 13.1 Å². The number of carbonyl (C=O) groups excluding carboxylic acids is 1. The summed E-state index contributed by atoms with van der Waals surface area (Å²) in [5.74, 6) is -1.06. The minimum atomic E-state index is -0.998. The van der Waals surface area contributed by atoms with Crippen molar-refractivity contribution in [3.8, 4) is 0 Å². The zero-order chi connectivity index (χ0) is 14.9. The lowest BCUT2D eigenvalue weighted by Gasteiger charge is -2.38. The van der Waals surface area contributed by atoms with Crippen molar-refractivity contribution < 1.29 is 14.7 Å². The van der Waals surface area contributed by atoms with E-state index < -0.39 is 5.97 Å². The first kappa shape index (κ1) is 14.6. The first-order valence-electron chi connectivity index (χ1n) is 6.93. The van der Waals surface area contributed by atoms with E-state index in [4.69, 9.17) is 5.11 Å². The van der Waals surface area contributed by atoms with Crippen LogP contribution in [-0.2, 0) is 0 Å². The highest BCUT2D eigenvalue weighted by Crippen LogP contribution is 2.29. The van der Waals surface area contributed by atoms with Crippen LogP contribution in [0.4, 0.5) is 0 Å². The maximum atomic E-state index is 12.5. The fourth-order valence-corrected chi connectivity index (χ4v) is 2.81. The molecule has 0 bridgehead atoms. The number of rotatable bonds is 2. The molecule has 0 atom stereocenters. The third-order valence-electron chi connectivity index (χ3n) is 3.76. The zero-order valence-corrected chi connectivity index (χ0v) is 12.3. The summed E-state index contributed by atoms with van der Waals surface area (Å²) in [5, 5.41) is 9.08. The van der Waals surface area contributed by atoms with Crippen molar-refractivity contribution in [2.45, 2.75) is 33.6 Å². The van der Waals surface area contributed by atoms with Gasteiger partial charge in [-0.3, -0.25) is 4.79 Å². The van der Waals surface area contributed by atoms with Crippen molar-refractivity contribution in [2.24, 2.45) is 5.41 Å². The second-order valence-corrected chi connectivity index (χ2v) is 6.39. The van der Waals surface area contributed by atoms with E-state index in [-0.39, 0.29) is 16.9 Å². The topological polar surface area (TPSA) is 57.6 Å². The molecule has 4 heteroatoms. The van der Waals surface area contributed by atoms with Gasteiger partial charge >= 0.3 is 5.97 Å². The fraction of sp³-hybridized carbons (Fsp3) is 0.500. The Labute approximate surface area is 119 Å². The predicted octanol–water partition coefficient (Wildman–Crippen LogP) is 2.96. The SMILES string of the molecule is Cc1cc(C(=O)O)cc(C(=O)N2CCCC(C)(C)C2)c1. The molecule has 1 aliphatic rings. The Morgan fingerprint density at radius 1 is 1.20 bits per heavy atom. The molecule has 4 nitrogen and oxygen atoms in total. The lowest BCUT2D eigenvalue weighted by Crippen LogP contribution is -2.43. The quantitative estimate of drug-likeness (QED) is 0.902. The predicted molar refractivity (Wildman–Crippen MR) is 77.1 cm³/mol.